The van der Waals surface area contributed by atoms with Crippen molar-refractivity contribution in [2.24, 2.45) is 0 Å². The van der Waals surface area contributed by atoms with E-state index in [4.69, 9.17) is 4.74 Å². The van der Waals surface area contributed by atoms with Gasteiger partial charge in [-0.2, -0.15) is 0 Å². The highest BCUT2D eigenvalue weighted by molar-refractivity contribution is 5.45. The molecule has 1 atom stereocenters. The quantitative estimate of drug-likeness (QED) is 0.890. The van der Waals surface area contributed by atoms with Gasteiger partial charge in [-0.15, -0.1) is 0 Å². The second kappa shape index (κ2) is 7.51. The van der Waals surface area contributed by atoms with Crippen LogP contribution in [0.15, 0.2) is 36.9 Å². The molecule has 124 valence electrons. The van der Waals surface area contributed by atoms with Gasteiger partial charge in [0.15, 0.2) is 11.5 Å². The van der Waals surface area contributed by atoms with E-state index in [0.29, 0.717) is 11.8 Å². The molecule has 2 aromatic rings. The number of aromatic nitrogens is 2. The number of hydrogen-bond acceptors (Lipinski definition) is 4. The molecule has 1 aliphatic rings. The average molecular weight is 315 g/mol. The molecule has 0 saturated carbocycles. The van der Waals surface area contributed by atoms with Crippen LogP contribution in [-0.4, -0.2) is 39.3 Å². The number of rotatable bonds is 6. The van der Waals surface area contributed by atoms with E-state index < -0.39 is 0 Å². The summed E-state index contributed by atoms with van der Waals surface area (Å²) in [6.07, 6.45) is 10.6. The molecule has 23 heavy (non-hydrogen) atoms. The second-order valence-corrected chi connectivity index (χ2v) is 6.18. The zero-order valence-corrected chi connectivity index (χ0v) is 13.7. The lowest BCUT2D eigenvalue weighted by molar-refractivity contribution is 0.127. The molecule has 5 nitrogen and oxygen atoms in total. The third-order valence-electron chi connectivity index (χ3n) is 4.70. The Morgan fingerprint density at radius 1 is 1.35 bits per heavy atom. The number of phenols is 1. The van der Waals surface area contributed by atoms with Gasteiger partial charge in [0.1, 0.15) is 0 Å². The van der Waals surface area contributed by atoms with Crippen LogP contribution in [0, 0.1) is 0 Å². The van der Waals surface area contributed by atoms with Crippen molar-refractivity contribution in [3.8, 4) is 11.5 Å². The summed E-state index contributed by atoms with van der Waals surface area (Å²) in [5, 5.41) is 10.3. The van der Waals surface area contributed by atoms with Crippen LogP contribution < -0.4 is 4.74 Å². The number of methoxy groups -OCH3 is 1. The number of imidazole rings is 1. The van der Waals surface area contributed by atoms with Crippen LogP contribution in [0.2, 0.25) is 0 Å². The van der Waals surface area contributed by atoms with Crippen LogP contribution >= 0.6 is 0 Å². The number of phenolic OH excluding ortho intramolecular Hbond substituents is 1. The van der Waals surface area contributed by atoms with Crippen LogP contribution in [-0.2, 0) is 13.1 Å². The Labute approximate surface area is 137 Å². The number of para-hydroxylation sites is 1. The topological polar surface area (TPSA) is 50.5 Å². The zero-order valence-electron chi connectivity index (χ0n) is 13.7. The van der Waals surface area contributed by atoms with Gasteiger partial charge in [0, 0.05) is 37.1 Å². The first kappa shape index (κ1) is 15.9. The Bertz CT molecular complexity index is 613. The summed E-state index contributed by atoms with van der Waals surface area (Å²) in [6.45, 7) is 2.86. The van der Waals surface area contributed by atoms with Crippen molar-refractivity contribution in [2.75, 3.05) is 13.7 Å². The molecule has 0 amide bonds. The number of ether oxygens (including phenoxy) is 1. The highest BCUT2D eigenvalue weighted by Gasteiger charge is 2.23. The number of likely N-dealkylation sites (tertiary alicyclic amines) is 1. The summed E-state index contributed by atoms with van der Waals surface area (Å²) in [6, 6.07) is 6.28. The van der Waals surface area contributed by atoms with Gasteiger partial charge in [0.2, 0.25) is 0 Å². The molecule has 0 spiro atoms. The molecule has 1 fully saturated rings. The molecule has 1 aromatic heterocycles. The van der Waals surface area contributed by atoms with Crippen molar-refractivity contribution >= 4 is 0 Å². The van der Waals surface area contributed by atoms with E-state index >= 15 is 0 Å². The lowest BCUT2D eigenvalue weighted by atomic mass is 9.98. The van der Waals surface area contributed by atoms with Gasteiger partial charge < -0.3 is 14.4 Å². The first-order chi connectivity index (χ1) is 11.3. The molecule has 1 N–H and O–H groups in total. The van der Waals surface area contributed by atoms with Gasteiger partial charge in [0.25, 0.3) is 0 Å². The molecule has 0 bridgehead atoms. The van der Waals surface area contributed by atoms with Crippen LogP contribution in [0.25, 0.3) is 0 Å². The molecule has 1 aromatic carbocycles. The Morgan fingerprint density at radius 3 is 3.04 bits per heavy atom. The Balaban J connectivity index is 1.66. The van der Waals surface area contributed by atoms with Crippen LogP contribution in [0.1, 0.15) is 31.2 Å². The van der Waals surface area contributed by atoms with Crippen LogP contribution in [0.4, 0.5) is 0 Å². The molecule has 5 heteroatoms. The van der Waals surface area contributed by atoms with Crippen molar-refractivity contribution in [2.45, 2.75) is 44.8 Å². The number of hydrogen-bond donors (Lipinski definition) is 1. The lowest BCUT2D eigenvalue weighted by Gasteiger charge is -2.36. The van der Waals surface area contributed by atoms with E-state index in [-0.39, 0.29) is 5.75 Å². The Morgan fingerprint density at radius 2 is 2.26 bits per heavy atom. The fourth-order valence-corrected chi connectivity index (χ4v) is 3.39. The number of nitrogens with zero attached hydrogens (tertiary/aromatic N) is 3. The highest BCUT2D eigenvalue weighted by Crippen LogP contribution is 2.32. The van der Waals surface area contributed by atoms with Gasteiger partial charge in [-0.05, 0) is 31.9 Å². The number of aryl methyl sites for hydroxylation is 1. The van der Waals surface area contributed by atoms with Crippen molar-refractivity contribution < 1.29 is 9.84 Å². The van der Waals surface area contributed by atoms with Gasteiger partial charge in [-0.25, -0.2) is 4.98 Å². The summed E-state index contributed by atoms with van der Waals surface area (Å²) in [5.74, 6) is 0.823. The van der Waals surface area contributed by atoms with E-state index in [9.17, 15) is 5.11 Å². The van der Waals surface area contributed by atoms with Gasteiger partial charge in [-0.3, -0.25) is 4.90 Å². The Kier molecular flexibility index (Phi) is 5.18. The van der Waals surface area contributed by atoms with E-state index in [1.165, 1.54) is 19.3 Å². The maximum absolute atomic E-state index is 10.3. The van der Waals surface area contributed by atoms with E-state index in [0.717, 1.165) is 31.6 Å². The predicted molar refractivity (Wildman–Crippen MR) is 89.6 cm³/mol. The normalized spacial score (nSPS) is 18.9. The maximum Gasteiger partial charge on any atom is 0.162 e. The van der Waals surface area contributed by atoms with E-state index in [1.54, 1.807) is 13.2 Å². The van der Waals surface area contributed by atoms with Crippen LogP contribution in [0.3, 0.4) is 0 Å². The first-order valence-electron chi connectivity index (χ1n) is 8.32. The SMILES string of the molecule is COc1cccc(CN2CCCC[C@H]2CCn2ccnc2)c1O. The highest BCUT2D eigenvalue weighted by atomic mass is 16.5. The van der Waals surface area contributed by atoms with Crippen molar-refractivity contribution in [1.29, 1.82) is 0 Å². The Hall–Kier alpha value is -2.01. The van der Waals surface area contributed by atoms with Gasteiger partial charge in [0.05, 0.1) is 13.4 Å². The molecule has 0 aliphatic carbocycles. The molecular weight excluding hydrogens is 290 g/mol. The minimum atomic E-state index is 0.272. The van der Waals surface area contributed by atoms with Gasteiger partial charge >= 0.3 is 0 Å². The van der Waals surface area contributed by atoms with Crippen molar-refractivity contribution in [3.63, 3.8) is 0 Å². The molecule has 0 unspecified atom stereocenters. The van der Waals surface area contributed by atoms with Crippen molar-refractivity contribution in [1.82, 2.24) is 14.5 Å². The average Bonchev–Trinajstić information content (AvgIpc) is 3.09. The van der Waals surface area contributed by atoms with E-state index in [2.05, 4.69) is 14.5 Å². The standard InChI is InChI=1S/C18H25N3O2/c1-23-17-7-4-5-15(18(17)22)13-21-10-3-2-6-16(21)8-11-20-12-9-19-14-20/h4-5,7,9,12,14,16,22H,2-3,6,8,10-11,13H2,1H3/t16-/m0/s1. The fourth-order valence-electron chi connectivity index (χ4n) is 3.39. The third kappa shape index (κ3) is 3.85. The van der Waals surface area contributed by atoms with Crippen LogP contribution in [0.5, 0.6) is 11.5 Å². The molecular formula is C18H25N3O2. The van der Waals surface area contributed by atoms with Gasteiger partial charge in [-0.1, -0.05) is 18.6 Å². The number of aromatic hydroxyl groups is 1. The molecule has 0 radical (unpaired) electrons. The molecule has 2 heterocycles. The third-order valence-corrected chi connectivity index (χ3v) is 4.70. The smallest absolute Gasteiger partial charge is 0.162 e. The minimum absolute atomic E-state index is 0.272. The summed E-state index contributed by atoms with van der Waals surface area (Å²) >= 11 is 0. The first-order valence-corrected chi connectivity index (χ1v) is 8.32. The summed E-state index contributed by atoms with van der Waals surface area (Å²) in [5.41, 5.74) is 0.943. The van der Waals surface area contributed by atoms with E-state index in [1.807, 2.05) is 30.9 Å². The summed E-state index contributed by atoms with van der Waals surface area (Å²) < 4.78 is 7.35. The summed E-state index contributed by atoms with van der Waals surface area (Å²) in [7, 11) is 1.59. The largest absolute Gasteiger partial charge is 0.504 e. The lowest BCUT2D eigenvalue weighted by Crippen LogP contribution is -2.39. The molecule has 3 rings (SSSR count). The molecule has 1 aliphatic heterocycles. The predicted octanol–water partition coefficient (Wildman–Crippen LogP) is 3.04. The fraction of sp³-hybridized carbons (Fsp3) is 0.500. The minimum Gasteiger partial charge on any atom is -0.504 e. The maximum atomic E-state index is 10.3. The van der Waals surface area contributed by atoms with Crippen molar-refractivity contribution in [3.05, 3.63) is 42.5 Å². The number of benzene rings is 1. The summed E-state index contributed by atoms with van der Waals surface area (Å²) in [4.78, 5) is 6.60. The monoisotopic (exact) mass is 315 g/mol. The zero-order chi connectivity index (χ0) is 16.1. The second-order valence-electron chi connectivity index (χ2n) is 6.18. The number of piperidine rings is 1. The molecule has 1 saturated heterocycles.